The van der Waals surface area contributed by atoms with Crippen LogP contribution in [0.25, 0.3) is 0 Å². The van der Waals surface area contributed by atoms with E-state index in [0.717, 1.165) is 77.4 Å². The largest absolute Gasteiger partial charge is 0.315 e. The third-order valence-corrected chi connectivity index (χ3v) is 6.17. The molecule has 1 aromatic heterocycles. The van der Waals surface area contributed by atoms with E-state index in [4.69, 9.17) is 0 Å². The van der Waals surface area contributed by atoms with Crippen LogP contribution in [0.4, 0.5) is 0 Å². The molecule has 0 saturated heterocycles. The topological polar surface area (TPSA) is 52.2 Å². The van der Waals surface area contributed by atoms with Crippen molar-refractivity contribution in [3.63, 3.8) is 0 Å². The first-order chi connectivity index (χ1) is 16.3. The summed E-state index contributed by atoms with van der Waals surface area (Å²) in [6.07, 6.45) is 4.03. The Kier molecular flexibility index (Phi) is 9.44. The van der Waals surface area contributed by atoms with Crippen LogP contribution in [0.3, 0.4) is 0 Å². The lowest BCUT2D eigenvalue weighted by atomic mass is 10.1. The molecule has 1 aliphatic heterocycles. The molecule has 0 saturated carbocycles. The Balaban J connectivity index is 1.24. The number of aromatic nitrogens is 1. The second-order valence-electron chi connectivity index (χ2n) is 8.84. The molecule has 0 fully saturated rings. The Morgan fingerprint density at radius 1 is 0.727 bits per heavy atom. The van der Waals surface area contributed by atoms with Gasteiger partial charge in [0.1, 0.15) is 0 Å². The van der Waals surface area contributed by atoms with Gasteiger partial charge in [-0.1, -0.05) is 54.6 Å². The molecule has 0 amide bonds. The Morgan fingerprint density at radius 3 is 2.09 bits per heavy atom. The Bertz CT molecular complexity index is 913. The lowest BCUT2D eigenvalue weighted by Crippen LogP contribution is -2.37. The van der Waals surface area contributed by atoms with Crippen molar-refractivity contribution >= 4 is 0 Å². The summed E-state index contributed by atoms with van der Waals surface area (Å²) >= 11 is 0. The molecule has 2 bridgehead atoms. The smallest absolute Gasteiger partial charge is 0.0541 e. The number of hydrogen-bond acceptors (Lipinski definition) is 5. The zero-order valence-electron chi connectivity index (χ0n) is 19.6. The van der Waals surface area contributed by atoms with Gasteiger partial charge in [-0.2, -0.15) is 0 Å². The fraction of sp³-hybridized carbons (Fsp3) is 0.393. The van der Waals surface area contributed by atoms with Crippen LogP contribution < -0.4 is 16.0 Å². The molecule has 33 heavy (non-hydrogen) atoms. The number of hydrogen-bond donors (Lipinski definition) is 3. The van der Waals surface area contributed by atoms with Crippen LogP contribution in [0, 0.1) is 0 Å². The molecule has 0 spiro atoms. The summed E-state index contributed by atoms with van der Waals surface area (Å²) in [5.74, 6) is 0. The van der Waals surface area contributed by atoms with E-state index in [1.807, 2.05) is 18.3 Å². The number of pyridine rings is 1. The molecule has 5 nitrogen and oxygen atoms in total. The first kappa shape index (κ1) is 23.6. The lowest BCUT2D eigenvalue weighted by molar-refractivity contribution is 0.265. The maximum absolute atomic E-state index is 4.36. The summed E-state index contributed by atoms with van der Waals surface area (Å²) in [7, 11) is 0. The van der Waals surface area contributed by atoms with Crippen molar-refractivity contribution in [3.8, 4) is 0 Å². The minimum Gasteiger partial charge on any atom is -0.315 e. The summed E-state index contributed by atoms with van der Waals surface area (Å²) in [5.41, 5.74) is 6.62. The Hall–Kier alpha value is -2.57. The number of rotatable bonds is 6. The van der Waals surface area contributed by atoms with Crippen molar-refractivity contribution in [1.82, 2.24) is 25.8 Å². The van der Waals surface area contributed by atoms with E-state index in [9.17, 15) is 0 Å². The van der Waals surface area contributed by atoms with E-state index in [2.05, 4.69) is 80.4 Å². The SMILES string of the molecule is c1ccc(CNCc2ccc(CN3CCNCCc4cccc(c4)CCNCC3)cc2)nc1. The molecular formula is C28H37N5. The third kappa shape index (κ3) is 8.37. The van der Waals surface area contributed by atoms with Crippen LogP contribution in [0.5, 0.6) is 0 Å². The van der Waals surface area contributed by atoms with E-state index in [1.54, 1.807) is 0 Å². The average Bonchev–Trinajstić information content (AvgIpc) is 2.85. The Labute approximate surface area is 198 Å². The highest BCUT2D eigenvalue weighted by molar-refractivity contribution is 5.24. The molecule has 3 N–H and O–H groups in total. The molecule has 2 aromatic carbocycles. The summed E-state index contributed by atoms with van der Waals surface area (Å²) in [6, 6.07) is 24.1. The summed E-state index contributed by atoms with van der Waals surface area (Å²) in [6.45, 7) is 8.89. The normalized spacial score (nSPS) is 16.2. The summed E-state index contributed by atoms with van der Waals surface area (Å²) in [4.78, 5) is 6.92. The van der Waals surface area contributed by atoms with Crippen LogP contribution in [-0.2, 0) is 32.5 Å². The van der Waals surface area contributed by atoms with Crippen molar-refractivity contribution in [1.29, 1.82) is 0 Å². The van der Waals surface area contributed by atoms with E-state index in [0.29, 0.717) is 0 Å². The summed E-state index contributed by atoms with van der Waals surface area (Å²) < 4.78 is 0. The maximum atomic E-state index is 4.36. The highest BCUT2D eigenvalue weighted by Gasteiger charge is 2.07. The zero-order valence-corrected chi connectivity index (χ0v) is 19.6. The molecule has 2 heterocycles. The Morgan fingerprint density at radius 2 is 1.42 bits per heavy atom. The predicted octanol–water partition coefficient (Wildman–Crippen LogP) is 3.15. The van der Waals surface area contributed by atoms with Gasteiger partial charge in [-0.25, -0.2) is 0 Å². The zero-order chi connectivity index (χ0) is 22.6. The van der Waals surface area contributed by atoms with Gasteiger partial charge in [-0.05, 0) is 60.3 Å². The molecule has 0 radical (unpaired) electrons. The van der Waals surface area contributed by atoms with Crippen LogP contribution in [-0.4, -0.2) is 49.2 Å². The van der Waals surface area contributed by atoms with Crippen molar-refractivity contribution in [2.24, 2.45) is 0 Å². The van der Waals surface area contributed by atoms with Crippen molar-refractivity contribution < 1.29 is 0 Å². The molecule has 0 atom stereocenters. The molecule has 0 unspecified atom stereocenters. The van der Waals surface area contributed by atoms with Gasteiger partial charge in [-0.15, -0.1) is 0 Å². The number of fused-ring (bicyclic) bond motifs is 2. The van der Waals surface area contributed by atoms with E-state index in [1.165, 1.54) is 22.3 Å². The van der Waals surface area contributed by atoms with Crippen LogP contribution in [0.1, 0.15) is 27.9 Å². The van der Waals surface area contributed by atoms with Gasteiger partial charge in [-0.3, -0.25) is 9.88 Å². The fourth-order valence-electron chi connectivity index (χ4n) is 4.26. The van der Waals surface area contributed by atoms with E-state index in [-0.39, 0.29) is 0 Å². The van der Waals surface area contributed by atoms with Gasteiger partial charge < -0.3 is 16.0 Å². The van der Waals surface area contributed by atoms with Crippen molar-refractivity contribution in [3.05, 3.63) is 101 Å². The minimum atomic E-state index is 0.793. The van der Waals surface area contributed by atoms with Gasteiger partial charge in [0.25, 0.3) is 0 Å². The quantitative estimate of drug-likeness (QED) is 0.547. The predicted molar refractivity (Wildman–Crippen MR) is 136 cm³/mol. The average molecular weight is 444 g/mol. The van der Waals surface area contributed by atoms with Crippen LogP contribution in [0.15, 0.2) is 72.9 Å². The van der Waals surface area contributed by atoms with Crippen molar-refractivity contribution in [2.45, 2.75) is 32.5 Å². The van der Waals surface area contributed by atoms with Gasteiger partial charge in [0, 0.05) is 52.0 Å². The molecular weight excluding hydrogens is 406 g/mol. The second kappa shape index (κ2) is 13.2. The molecule has 174 valence electrons. The van der Waals surface area contributed by atoms with Crippen molar-refractivity contribution in [2.75, 3.05) is 39.3 Å². The van der Waals surface area contributed by atoms with Crippen LogP contribution >= 0.6 is 0 Å². The first-order valence-corrected chi connectivity index (χ1v) is 12.3. The third-order valence-electron chi connectivity index (χ3n) is 6.17. The highest BCUT2D eigenvalue weighted by Crippen LogP contribution is 2.09. The minimum absolute atomic E-state index is 0.793. The van der Waals surface area contributed by atoms with Gasteiger partial charge in [0.15, 0.2) is 0 Å². The van der Waals surface area contributed by atoms with E-state index < -0.39 is 0 Å². The van der Waals surface area contributed by atoms with Crippen LogP contribution in [0.2, 0.25) is 0 Å². The van der Waals surface area contributed by atoms with Gasteiger partial charge in [0.2, 0.25) is 0 Å². The molecule has 3 aromatic rings. The fourth-order valence-corrected chi connectivity index (χ4v) is 4.26. The standard InChI is InChI=1S/C28H37N5/c1-2-13-32-28(6-1)22-31-21-26-7-9-27(10-8-26)23-33-18-16-29-14-11-24-4-3-5-25(20-24)12-15-30-17-19-33/h1-10,13,20,29-31H,11-12,14-19,21-23H2. The number of nitrogens with zero attached hydrogens (tertiary/aromatic N) is 2. The molecule has 5 heteroatoms. The first-order valence-electron chi connectivity index (χ1n) is 12.3. The highest BCUT2D eigenvalue weighted by atomic mass is 15.1. The summed E-state index contributed by atoms with van der Waals surface area (Å²) in [5, 5.41) is 10.7. The van der Waals surface area contributed by atoms with E-state index >= 15 is 0 Å². The van der Waals surface area contributed by atoms with Gasteiger partial charge in [0.05, 0.1) is 5.69 Å². The number of benzene rings is 2. The molecule has 0 aliphatic carbocycles. The molecule has 1 aliphatic rings. The maximum Gasteiger partial charge on any atom is 0.0541 e. The molecule has 4 rings (SSSR count). The monoisotopic (exact) mass is 443 g/mol. The lowest BCUT2D eigenvalue weighted by Gasteiger charge is -2.23. The van der Waals surface area contributed by atoms with Gasteiger partial charge >= 0.3 is 0 Å². The number of nitrogens with one attached hydrogen (secondary N) is 3. The second-order valence-corrected chi connectivity index (χ2v) is 8.84.